The van der Waals surface area contributed by atoms with Gasteiger partial charge in [0.05, 0.1) is 33.3 Å². The van der Waals surface area contributed by atoms with Crippen LogP contribution in [0.15, 0.2) is 126 Å². The Morgan fingerprint density at radius 1 is 0.574 bits per heavy atom. The number of nitrogens with zero attached hydrogens (tertiary/aromatic N) is 1. The van der Waals surface area contributed by atoms with Crippen molar-refractivity contribution in [3.63, 3.8) is 0 Å². The molecule has 0 unspecified atom stereocenters. The Morgan fingerprint density at radius 3 is 1.64 bits per heavy atom. The van der Waals surface area contributed by atoms with Crippen molar-refractivity contribution in [1.82, 2.24) is 4.57 Å². The first-order valence-electron chi connectivity index (χ1n) is 16.2. The summed E-state index contributed by atoms with van der Waals surface area (Å²) in [6.45, 7) is 7.33. The van der Waals surface area contributed by atoms with Crippen molar-refractivity contribution in [3.8, 4) is 5.69 Å². The van der Waals surface area contributed by atoms with Crippen LogP contribution in [0.1, 0.15) is 27.7 Å². The lowest BCUT2D eigenvalue weighted by Gasteiger charge is -2.37. The molecule has 0 aliphatic rings. The Bertz CT molecular complexity index is 2620. The van der Waals surface area contributed by atoms with Gasteiger partial charge in [-0.05, 0) is 89.7 Å². The molecule has 1 N–H and O–H groups in total. The summed E-state index contributed by atoms with van der Waals surface area (Å²) in [4.78, 5) is 0. The molecule has 9 rings (SSSR count). The van der Waals surface area contributed by atoms with Crippen molar-refractivity contribution < 1.29 is 14.2 Å². The molecule has 227 valence electrons. The lowest BCUT2D eigenvalue weighted by atomic mass is 9.81. The Kier molecular flexibility index (Phi) is 5.96. The first-order chi connectivity index (χ1) is 22.7. The first-order valence-corrected chi connectivity index (χ1v) is 16.2. The van der Waals surface area contributed by atoms with Crippen LogP contribution in [-0.2, 0) is 4.65 Å². The van der Waals surface area contributed by atoms with Crippen molar-refractivity contribution in [3.05, 3.63) is 121 Å². The highest BCUT2D eigenvalue weighted by Crippen LogP contribution is 2.44. The van der Waals surface area contributed by atoms with E-state index in [9.17, 15) is 5.11 Å². The molecule has 5 heteroatoms. The average molecular weight is 611 g/mol. The molecule has 9 aromatic rings. The number of aromatic nitrogens is 1. The van der Waals surface area contributed by atoms with Gasteiger partial charge in [-0.1, -0.05) is 97.1 Å². The SMILES string of the molecule is CC(C)(O)C(C)(C)O[B]c1ccc(-n2c3ccc4ccccc4c3c3c4ccccc4ccc32)c2c1oc1ccc3ccccc3c12. The highest BCUT2D eigenvalue weighted by Gasteiger charge is 2.36. The highest BCUT2D eigenvalue weighted by molar-refractivity contribution is 6.52. The zero-order valence-electron chi connectivity index (χ0n) is 26.8. The van der Waals surface area contributed by atoms with E-state index in [1.807, 2.05) is 13.8 Å². The van der Waals surface area contributed by atoms with Crippen LogP contribution in [0, 0.1) is 0 Å². The summed E-state index contributed by atoms with van der Waals surface area (Å²) in [5, 5.41) is 22.6. The number of hydrogen-bond acceptors (Lipinski definition) is 3. The molecule has 4 nitrogen and oxygen atoms in total. The maximum absolute atomic E-state index is 10.8. The van der Waals surface area contributed by atoms with Crippen molar-refractivity contribution in [2.75, 3.05) is 0 Å². The van der Waals surface area contributed by atoms with E-state index in [0.29, 0.717) is 0 Å². The van der Waals surface area contributed by atoms with Gasteiger partial charge in [0.2, 0.25) is 0 Å². The van der Waals surface area contributed by atoms with E-state index < -0.39 is 11.2 Å². The molecule has 0 aliphatic heterocycles. The second-order valence-electron chi connectivity index (χ2n) is 13.6. The molecular weight excluding hydrogens is 577 g/mol. The second kappa shape index (κ2) is 9.95. The smallest absolute Gasteiger partial charge is 0.334 e. The van der Waals surface area contributed by atoms with Gasteiger partial charge in [-0.3, -0.25) is 0 Å². The van der Waals surface area contributed by atoms with Crippen LogP contribution in [0.2, 0.25) is 0 Å². The maximum Gasteiger partial charge on any atom is 0.334 e. The Hall–Kier alpha value is -5.10. The Labute approximate surface area is 273 Å². The molecule has 2 aromatic heterocycles. The van der Waals surface area contributed by atoms with E-state index in [-0.39, 0.29) is 0 Å². The molecule has 0 bridgehead atoms. The number of hydrogen-bond donors (Lipinski definition) is 1. The van der Waals surface area contributed by atoms with E-state index in [1.165, 1.54) is 32.3 Å². The average Bonchev–Trinajstić information content (AvgIpc) is 3.64. The van der Waals surface area contributed by atoms with Crippen LogP contribution in [0.3, 0.4) is 0 Å². The van der Waals surface area contributed by atoms with Gasteiger partial charge in [-0.15, -0.1) is 0 Å². The molecule has 7 aromatic carbocycles. The molecule has 1 radical (unpaired) electrons. The lowest BCUT2D eigenvalue weighted by molar-refractivity contribution is -0.0893. The van der Waals surface area contributed by atoms with Crippen molar-refractivity contribution in [2.24, 2.45) is 0 Å². The number of aliphatic hydroxyl groups is 1. The molecule has 0 aliphatic carbocycles. The summed E-state index contributed by atoms with van der Waals surface area (Å²) in [5.41, 5.74) is 3.82. The fourth-order valence-electron chi connectivity index (χ4n) is 7.09. The van der Waals surface area contributed by atoms with Crippen molar-refractivity contribution in [1.29, 1.82) is 0 Å². The predicted octanol–water partition coefficient (Wildman–Crippen LogP) is 9.95. The van der Waals surface area contributed by atoms with Crippen LogP contribution in [0.4, 0.5) is 0 Å². The van der Waals surface area contributed by atoms with Crippen LogP contribution >= 0.6 is 0 Å². The molecule has 0 amide bonds. The maximum atomic E-state index is 10.8. The van der Waals surface area contributed by atoms with Gasteiger partial charge in [0.25, 0.3) is 0 Å². The van der Waals surface area contributed by atoms with Crippen LogP contribution < -0.4 is 5.46 Å². The topological polar surface area (TPSA) is 47.5 Å². The summed E-state index contributed by atoms with van der Waals surface area (Å²) in [7, 11) is 1.74. The van der Waals surface area contributed by atoms with Crippen molar-refractivity contribution in [2.45, 2.75) is 38.9 Å². The molecule has 0 saturated heterocycles. The Balaban J connectivity index is 1.43. The summed E-state index contributed by atoms with van der Waals surface area (Å²) in [5.74, 6) is 0. The third-order valence-corrected chi connectivity index (χ3v) is 10.3. The largest absolute Gasteiger partial charge is 0.456 e. The standard InChI is InChI=1S/C42H33BNO3/c1-41(2,45)42(3,4)47-43-31-20-23-34(39-38-30-16-10-7-13-27(30)19-24-35(38)46-40(31)39)44-32-21-17-25-11-5-8-14-28(25)36(32)37-29-15-9-6-12-26(29)18-22-33(37)44/h5-24,45H,1-4H3. The second-order valence-corrected chi connectivity index (χ2v) is 13.6. The fraction of sp³-hybridized carbons (Fsp3) is 0.143. The lowest BCUT2D eigenvalue weighted by Crippen LogP contribution is -2.49. The molecule has 0 spiro atoms. The van der Waals surface area contributed by atoms with Crippen LogP contribution in [0.5, 0.6) is 0 Å². The third-order valence-electron chi connectivity index (χ3n) is 10.3. The number of rotatable bonds is 5. The van der Waals surface area contributed by atoms with Gasteiger partial charge in [-0.25, -0.2) is 0 Å². The highest BCUT2D eigenvalue weighted by atomic mass is 16.5. The minimum absolute atomic E-state index is 0.747. The monoisotopic (exact) mass is 610 g/mol. The van der Waals surface area contributed by atoms with Gasteiger partial charge >= 0.3 is 7.48 Å². The normalized spacial score (nSPS) is 12.9. The minimum Gasteiger partial charge on any atom is -0.456 e. The van der Waals surface area contributed by atoms with Crippen LogP contribution in [-0.4, -0.2) is 28.4 Å². The molecule has 0 fully saturated rings. The number of fused-ring (bicyclic) bond motifs is 12. The number of benzene rings is 7. The molecular formula is C42H33BNO3. The summed E-state index contributed by atoms with van der Waals surface area (Å²) >= 11 is 0. The van der Waals surface area contributed by atoms with Gasteiger partial charge in [0.1, 0.15) is 11.2 Å². The van der Waals surface area contributed by atoms with Gasteiger partial charge < -0.3 is 18.7 Å². The molecule has 47 heavy (non-hydrogen) atoms. The van der Waals surface area contributed by atoms with E-state index in [0.717, 1.165) is 54.9 Å². The zero-order valence-corrected chi connectivity index (χ0v) is 26.8. The van der Waals surface area contributed by atoms with E-state index in [1.54, 1.807) is 21.3 Å². The summed E-state index contributed by atoms with van der Waals surface area (Å²) in [6, 6.07) is 43.2. The zero-order chi connectivity index (χ0) is 32.1. The summed E-state index contributed by atoms with van der Waals surface area (Å²) < 4.78 is 15.5. The molecule has 2 heterocycles. The fourth-order valence-corrected chi connectivity index (χ4v) is 7.09. The van der Waals surface area contributed by atoms with Crippen molar-refractivity contribution >= 4 is 89.0 Å². The molecule has 0 atom stereocenters. The third kappa shape index (κ3) is 4.10. The molecule has 0 saturated carbocycles. The van der Waals surface area contributed by atoms with E-state index in [2.05, 4.69) is 126 Å². The van der Waals surface area contributed by atoms with E-state index in [4.69, 9.17) is 9.07 Å². The van der Waals surface area contributed by atoms with Gasteiger partial charge in [0.15, 0.2) is 0 Å². The van der Waals surface area contributed by atoms with Gasteiger partial charge in [-0.2, -0.15) is 0 Å². The van der Waals surface area contributed by atoms with Crippen LogP contribution in [0.25, 0.3) is 81.7 Å². The van der Waals surface area contributed by atoms with Gasteiger partial charge in [0, 0.05) is 16.2 Å². The minimum atomic E-state index is -1.05. The predicted molar refractivity (Wildman–Crippen MR) is 197 cm³/mol. The summed E-state index contributed by atoms with van der Waals surface area (Å²) in [6.07, 6.45) is 0. The quantitative estimate of drug-likeness (QED) is 0.197. The Morgan fingerprint density at radius 2 is 1.09 bits per heavy atom. The number of furan rings is 1. The van der Waals surface area contributed by atoms with E-state index >= 15 is 0 Å². The first kappa shape index (κ1) is 28.2.